The lowest BCUT2D eigenvalue weighted by molar-refractivity contribution is -0.157. The first-order valence-corrected chi connectivity index (χ1v) is 28.6. The minimum absolute atomic E-state index is 0.138. The number of carbonyl (C=O) groups is 12. The number of nitrogens with two attached hydrogens (primary N) is 1. The first-order valence-electron chi connectivity index (χ1n) is 28.6. The first kappa shape index (κ1) is 71.8. The molecule has 11 amide bonds. The lowest BCUT2D eigenvalue weighted by Gasteiger charge is -2.31. The van der Waals surface area contributed by atoms with E-state index in [9.17, 15) is 67.7 Å². The number of carbonyl (C=O) groups excluding carboxylic acids is 12. The van der Waals surface area contributed by atoms with Crippen LogP contribution in [0.25, 0.3) is 0 Å². The zero-order valence-electron chi connectivity index (χ0n) is 50.0. The topological polar surface area (TPSA) is 413 Å². The third kappa shape index (κ3) is 22.1. The Kier molecular flexibility index (Phi) is 30.9. The quantitative estimate of drug-likeness (QED) is 0.0341. The molecule has 1 aliphatic heterocycles. The molecule has 1 heterocycles. The van der Waals surface area contributed by atoms with Crippen LogP contribution in [-0.2, 0) is 68.7 Å². The smallest absolute Gasteiger partial charge is 0.329 e. The van der Waals surface area contributed by atoms with Gasteiger partial charge in [-0.15, -0.1) is 0 Å². The zero-order valence-corrected chi connectivity index (χ0v) is 50.0. The van der Waals surface area contributed by atoms with Crippen LogP contribution in [0.4, 0.5) is 0 Å². The molecule has 16 atom stereocenters. The summed E-state index contributed by atoms with van der Waals surface area (Å²) in [5.74, 6) is -12.9. The Hall–Kier alpha value is -7.26. The Bertz CT molecular complexity index is 2380. The number of hydrogen-bond acceptors (Lipinski definition) is 16. The van der Waals surface area contributed by atoms with E-state index >= 15 is 0 Å². The minimum Gasteiger partial charge on any atom is -0.458 e. The number of rotatable bonds is 31. The number of ether oxygens (including phenoxy) is 1. The van der Waals surface area contributed by atoms with Gasteiger partial charge in [0, 0.05) is 6.42 Å². The van der Waals surface area contributed by atoms with E-state index in [0.29, 0.717) is 19.3 Å². The van der Waals surface area contributed by atoms with Gasteiger partial charge in [-0.05, 0) is 69.4 Å². The average molecular weight is 1170 g/mol. The van der Waals surface area contributed by atoms with Crippen molar-refractivity contribution in [3.8, 4) is 0 Å². The molecule has 0 saturated carbocycles. The molecule has 0 radical (unpaired) electrons. The second-order valence-electron chi connectivity index (χ2n) is 21.4. The maximum absolute atomic E-state index is 14.3. The van der Waals surface area contributed by atoms with Crippen LogP contribution in [0.5, 0.6) is 0 Å². The van der Waals surface area contributed by atoms with Crippen molar-refractivity contribution < 1.29 is 72.5 Å². The van der Waals surface area contributed by atoms with E-state index < -0.39 is 193 Å². The van der Waals surface area contributed by atoms with E-state index in [1.54, 1.807) is 69.4 Å². The largest absolute Gasteiger partial charge is 0.458 e. The van der Waals surface area contributed by atoms with E-state index in [2.05, 4.69) is 58.5 Å². The van der Waals surface area contributed by atoms with Crippen molar-refractivity contribution in [3.05, 3.63) is 35.9 Å². The van der Waals surface area contributed by atoms with Crippen molar-refractivity contribution in [1.82, 2.24) is 58.5 Å². The van der Waals surface area contributed by atoms with Crippen LogP contribution in [0.1, 0.15) is 127 Å². The van der Waals surface area contributed by atoms with Gasteiger partial charge in [0.25, 0.3) is 0 Å². The second kappa shape index (κ2) is 35.7. The fourth-order valence-corrected chi connectivity index (χ4v) is 8.69. The number of primary amides is 1. The summed E-state index contributed by atoms with van der Waals surface area (Å²) in [7, 11) is 1.60. The molecule has 1 saturated heterocycles. The van der Waals surface area contributed by atoms with E-state index in [4.69, 9.17) is 10.5 Å². The van der Waals surface area contributed by atoms with E-state index in [-0.39, 0.29) is 19.3 Å². The van der Waals surface area contributed by atoms with Gasteiger partial charge in [-0.1, -0.05) is 118 Å². The lowest BCUT2D eigenvalue weighted by atomic mass is 9.94. The number of amides is 11. The number of likely N-dealkylation sites (N-methyl/N-ethyl adjacent to an activating group) is 1. The highest BCUT2D eigenvalue weighted by atomic mass is 16.5. The second-order valence-corrected chi connectivity index (χ2v) is 21.4. The summed E-state index contributed by atoms with van der Waals surface area (Å²) in [5.41, 5.74) is 6.30. The molecule has 2 rings (SSSR count). The van der Waals surface area contributed by atoms with Gasteiger partial charge >= 0.3 is 5.97 Å². The molecule has 27 heteroatoms. The maximum Gasteiger partial charge on any atom is 0.329 e. The first-order chi connectivity index (χ1) is 39.2. The molecule has 0 unspecified atom stereocenters. The van der Waals surface area contributed by atoms with Crippen molar-refractivity contribution in [2.75, 3.05) is 20.3 Å². The molecular formula is C56H92N12O15. The average Bonchev–Trinajstić information content (AvgIpc) is 3.63. The molecule has 83 heavy (non-hydrogen) atoms. The molecule has 15 N–H and O–H groups in total. The molecule has 27 nitrogen and oxygen atoms in total. The molecule has 1 aliphatic rings. The Morgan fingerprint density at radius 2 is 1.04 bits per heavy atom. The monoisotopic (exact) mass is 1170 g/mol. The van der Waals surface area contributed by atoms with Gasteiger partial charge in [-0.2, -0.15) is 0 Å². The Morgan fingerprint density at radius 3 is 1.49 bits per heavy atom. The number of nitrogens with one attached hydrogen (secondary N) is 11. The summed E-state index contributed by atoms with van der Waals surface area (Å²) in [4.78, 5) is 164. The van der Waals surface area contributed by atoms with Crippen LogP contribution in [0.15, 0.2) is 30.3 Å². The van der Waals surface area contributed by atoms with Crippen molar-refractivity contribution in [2.24, 2.45) is 29.4 Å². The van der Waals surface area contributed by atoms with Gasteiger partial charge in [0.15, 0.2) is 0 Å². The Labute approximate surface area is 486 Å². The van der Waals surface area contributed by atoms with Crippen molar-refractivity contribution >= 4 is 70.9 Å². The van der Waals surface area contributed by atoms with Crippen molar-refractivity contribution in [2.45, 2.75) is 200 Å². The summed E-state index contributed by atoms with van der Waals surface area (Å²) in [6.45, 7) is 15.8. The zero-order chi connectivity index (χ0) is 62.8. The van der Waals surface area contributed by atoms with Crippen molar-refractivity contribution in [3.63, 3.8) is 0 Å². The highest BCUT2D eigenvalue weighted by Gasteiger charge is 2.41. The van der Waals surface area contributed by atoms with Gasteiger partial charge in [-0.3, -0.25) is 52.7 Å². The van der Waals surface area contributed by atoms with Crippen LogP contribution < -0.4 is 64.2 Å². The minimum atomic E-state index is -1.80. The molecule has 0 aromatic heterocycles. The maximum atomic E-state index is 14.3. The van der Waals surface area contributed by atoms with Crippen LogP contribution in [-0.4, -0.2) is 174 Å². The fraction of sp³-hybridized carbons (Fsp3) is 0.679. The van der Waals surface area contributed by atoms with Gasteiger partial charge in [0.05, 0.1) is 19.3 Å². The molecule has 0 bridgehead atoms. The van der Waals surface area contributed by atoms with Gasteiger partial charge in [0.1, 0.15) is 66.5 Å². The number of cyclic esters (lactones) is 1. The highest BCUT2D eigenvalue weighted by molar-refractivity contribution is 5.99. The summed E-state index contributed by atoms with van der Waals surface area (Å²) >= 11 is 0. The van der Waals surface area contributed by atoms with Gasteiger partial charge in [-0.25, -0.2) is 4.79 Å². The normalized spacial score (nSPS) is 21.7. The number of benzene rings is 1. The predicted molar refractivity (Wildman–Crippen MR) is 304 cm³/mol. The number of aliphatic hydroxyl groups excluding tert-OH is 2. The third-order valence-electron chi connectivity index (χ3n) is 15.2. The van der Waals surface area contributed by atoms with Crippen LogP contribution >= 0.6 is 0 Å². The number of esters is 1. The van der Waals surface area contributed by atoms with E-state index in [0.717, 1.165) is 5.56 Å². The highest BCUT2D eigenvalue weighted by Crippen LogP contribution is 2.17. The van der Waals surface area contributed by atoms with E-state index in [1.165, 1.54) is 13.8 Å². The summed E-state index contributed by atoms with van der Waals surface area (Å²) in [6, 6.07) is -5.95. The van der Waals surface area contributed by atoms with Crippen LogP contribution in [0.3, 0.4) is 0 Å². The van der Waals surface area contributed by atoms with Gasteiger partial charge in [0.2, 0.25) is 65.0 Å². The van der Waals surface area contributed by atoms with Gasteiger partial charge < -0.3 is 79.2 Å². The Morgan fingerprint density at radius 1 is 0.578 bits per heavy atom. The predicted octanol–water partition coefficient (Wildman–Crippen LogP) is -2.53. The molecule has 1 fully saturated rings. The lowest BCUT2D eigenvalue weighted by Crippen LogP contribution is -2.63. The molecule has 1 aromatic rings. The van der Waals surface area contributed by atoms with E-state index in [1.807, 2.05) is 30.3 Å². The summed E-state index contributed by atoms with van der Waals surface area (Å²) in [5, 5.41) is 49.1. The third-order valence-corrected chi connectivity index (χ3v) is 15.2. The van der Waals surface area contributed by atoms with Crippen LogP contribution in [0, 0.1) is 23.7 Å². The van der Waals surface area contributed by atoms with Crippen molar-refractivity contribution in [1.29, 1.82) is 0 Å². The SMILES string of the molecule is CC[C@@H]1NC(=O)[C@H](C)NC(=O)[C@H](NC(=O)[C@H](CO)NC(=O)[C@@H](NC(=O)[C@H](NC(=O)[C@@H](CCC(N)=O)NC(=O)[C@H](CO)NC(=O)[C@@H](NC(=O)[C@@H](Cc2ccccc2)NC)[C@@H](C)CC)[C@H](C)CC)[C@@H](C)CC)[C@H](C)OC(=O)[C@H]([C@@H](C)CC)NC1=O. The number of hydrogen-bond donors (Lipinski definition) is 14. The molecule has 0 aliphatic carbocycles. The standard InChI is InChI=1S/C56H92N12O15/c1-13-28(6)41(65-49(75)37(58-12)25-34-21-19-18-20-22-34)52(78)62-38(26-69)50(76)61-36(23-24-40(57)71)48(74)64-43(30(8)15-3)54(80)66-42(29(7)14-2)53(79)63-39(27-70)51(77)68-45-33(11)83-56(82)44(31(9)16-4)67-47(73)35(17-5)60-46(72)32(10)59-55(45)81/h18-22,28-33,35-39,41-45,58,69-70H,13-17,23-27H2,1-12H3,(H2,57,71)(H,59,81)(H,60,72)(H,61,76)(H,62,78)(H,63,79)(H,64,74)(H,65,75)(H,66,80)(H,67,73)(H,68,77)/t28-,29-,30+,31-,32-,33-,35-,36+,37+,38-,39-,41-,42-,43+,44-,45+/m0/s1. The fourth-order valence-electron chi connectivity index (χ4n) is 8.69. The molecule has 1 aromatic carbocycles. The summed E-state index contributed by atoms with van der Waals surface area (Å²) in [6.07, 6.45) is -0.484. The Balaban J connectivity index is 2.39. The molecular weight excluding hydrogens is 1080 g/mol. The molecule has 0 spiro atoms. The number of aliphatic hydroxyl groups is 2. The van der Waals surface area contributed by atoms with Crippen LogP contribution in [0.2, 0.25) is 0 Å². The summed E-state index contributed by atoms with van der Waals surface area (Å²) < 4.78 is 5.66. The molecule has 466 valence electrons.